The third kappa shape index (κ3) is 3.00. The van der Waals surface area contributed by atoms with Crippen molar-refractivity contribution in [1.29, 1.82) is 0 Å². The van der Waals surface area contributed by atoms with E-state index in [0.717, 1.165) is 0 Å². The van der Waals surface area contributed by atoms with Crippen LogP contribution in [0.4, 0.5) is 17.8 Å². The zero-order valence-electron chi connectivity index (χ0n) is 7.58. The Bertz CT molecular complexity index is 350. The van der Waals surface area contributed by atoms with Crippen LogP contribution in [0.3, 0.4) is 0 Å². The number of hydrogen-bond donors (Lipinski definition) is 5. The average molecular weight is 214 g/mol. The lowest BCUT2D eigenvalue weighted by Gasteiger charge is -2.07. The van der Waals surface area contributed by atoms with Crippen molar-refractivity contribution in [3.63, 3.8) is 0 Å². The molecule has 15 heavy (non-hydrogen) atoms. The largest absolute Gasteiger partial charge is 0.393 e. The Morgan fingerprint density at radius 1 is 1.33 bits per heavy atom. The number of anilines is 3. The van der Waals surface area contributed by atoms with Gasteiger partial charge in [-0.25, -0.2) is 0 Å². The lowest BCUT2D eigenvalue weighted by Crippen LogP contribution is -2.31. The topological polar surface area (TPSA) is 160 Å². The van der Waals surface area contributed by atoms with Crippen LogP contribution in [-0.4, -0.2) is 43.8 Å². The van der Waals surface area contributed by atoms with Crippen molar-refractivity contribution < 1.29 is 15.0 Å². The first kappa shape index (κ1) is 11.1. The average Bonchev–Trinajstić information content (AvgIpc) is 2.14. The van der Waals surface area contributed by atoms with Gasteiger partial charge in [0.15, 0.2) is 6.10 Å². The molecule has 0 aliphatic heterocycles. The van der Waals surface area contributed by atoms with E-state index in [1.165, 1.54) is 0 Å². The van der Waals surface area contributed by atoms with E-state index in [-0.39, 0.29) is 17.8 Å². The molecular weight excluding hydrogens is 204 g/mol. The first-order valence-corrected chi connectivity index (χ1v) is 3.89. The summed E-state index contributed by atoms with van der Waals surface area (Å²) in [4.78, 5) is 21.6. The molecule has 1 amide bonds. The number of hydrogen-bond acceptors (Lipinski definition) is 8. The molecule has 1 atom stereocenters. The minimum absolute atomic E-state index is 0.156. The van der Waals surface area contributed by atoms with Gasteiger partial charge >= 0.3 is 0 Å². The number of aromatic nitrogens is 3. The van der Waals surface area contributed by atoms with Crippen LogP contribution in [0.1, 0.15) is 0 Å². The quantitative estimate of drug-likeness (QED) is 0.364. The van der Waals surface area contributed by atoms with Crippen LogP contribution in [0.5, 0.6) is 0 Å². The number of carbonyl (C=O) groups is 1. The Morgan fingerprint density at radius 3 is 2.33 bits per heavy atom. The molecule has 1 aromatic heterocycles. The van der Waals surface area contributed by atoms with Gasteiger partial charge in [0.25, 0.3) is 5.91 Å². The molecule has 0 saturated carbocycles. The number of aliphatic hydroxyl groups excluding tert-OH is 2. The molecule has 0 aromatic carbocycles. The molecule has 0 saturated heterocycles. The number of nitrogens with zero attached hydrogens (tertiary/aromatic N) is 3. The summed E-state index contributed by atoms with van der Waals surface area (Å²) in [6.45, 7) is -0.706. The standard InChI is InChI=1S/C6H10N6O3/c7-4-10-5(8)12-6(11-4)9-3(15)2(14)1-13/h2,13-14H,1H2,(H5,7,8,9,10,11,12,15). The normalized spacial score (nSPS) is 12.1. The molecule has 0 aliphatic carbocycles. The fraction of sp³-hybridized carbons (Fsp3) is 0.333. The van der Waals surface area contributed by atoms with Crippen LogP contribution in [0, 0.1) is 0 Å². The highest BCUT2D eigenvalue weighted by Gasteiger charge is 2.15. The number of nitrogens with two attached hydrogens (primary N) is 2. The maximum atomic E-state index is 11.1. The Labute approximate surface area is 84.2 Å². The van der Waals surface area contributed by atoms with Crippen molar-refractivity contribution in [3.8, 4) is 0 Å². The molecule has 1 aromatic rings. The Morgan fingerprint density at radius 2 is 1.87 bits per heavy atom. The molecule has 0 radical (unpaired) electrons. The smallest absolute Gasteiger partial charge is 0.257 e. The molecule has 1 unspecified atom stereocenters. The molecule has 0 aliphatic rings. The Hall–Kier alpha value is -2.00. The number of amides is 1. The Kier molecular flexibility index (Phi) is 3.31. The highest BCUT2D eigenvalue weighted by molar-refractivity contribution is 5.92. The molecule has 9 nitrogen and oxygen atoms in total. The van der Waals surface area contributed by atoms with Crippen molar-refractivity contribution in [2.75, 3.05) is 23.4 Å². The predicted octanol–water partition coefficient (Wildman–Crippen LogP) is -2.67. The van der Waals surface area contributed by atoms with E-state index in [9.17, 15) is 4.79 Å². The highest BCUT2D eigenvalue weighted by Crippen LogP contribution is 2.03. The lowest BCUT2D eigenvalue weighted by atomic mass is 10.3. The van der Waals surface area contributed by atoms with Gasteiger partial charge in [-0.1, -0.05) is 0 Å². The van der Waals surface area contributed by atoms with Gasteiger partial charge in [-0.3, -0.25) is 10.1 Å². The second-order valence-electron chi connectivity index (χ2n) is 2.56. The summed E-state index contributed by atoms with van der Waals surface area (Å²) in [5.41, 5.74) is 10.5. The van der Waals surface area contributed by atoms with Gasteiger partial charge in [0.05, 0.1) is 6.61 Å². The van der Waals surface area contributed by atoms with Gasteiger partial charge in [0.1, 0.15) is 0 Å². The summed E-state index contributed by atoms with van der Waals surface area (Å²) in [5.74, 6) is -1.35. The van der Waals surface area contributed by atoms with E-state index < -0.39 is 18.6 Å². The molecule has 82 valence electrons. The van der Waals surface area contributed by atoms with Crippen LogP contribution < -0.4 is 16.8 Å². The molecule has 1 heterocycles. The molecule has 0 fully saturated rings. The molecule has 1 rings (SSSR count). The van der Waals surface area contributed by atoms with E-state index in [2.05, 4.69) is 20.3 Å². The summed E-state index contributed by atoms with van der Waals surface area (Å²) in [6, 6.07) is 0. The van der Waals surface area contributed by atoms with Crippen LogP contribution in [-0.2, 0) is 4.79 Å². The molecular formula is C6H10N6O3. The van der Waals surface area contributed by atoms with E-state index in [1.54, 1.807) is 0 Å². The third-order valence-electron chi connectivity index (χ3n) is 1.38. The number of aliphatic hydroxyl groups is 2. The number of carbonyl (C=O) groups excluding carboxylic acids is 1. The second kappa shape index (κ2) is 4.48. The zero-order valence-corrected chi connectivity index (χ0v) is 7.58. The summed E-state index contributed by atoms with van der Waals surface area (Å²) in [5, 5.41) is 19.5. The van der Waals surface area contributed by atoms with Gasteiger partial charge in [-0.05, 0) is 0 Å². The van der Waals surface area contributed by atoms with Crippen molar-refractivity contribution in [1.82, 2.24) is 15.0 Å². The van der Waals surface area contributed by atoms with Crippen LogP contribution in [0.2, 0.25) is 0 Å². The van der Waals surface area contributed by atoms with E-state index >= 15 is 0 Å². The van der Waals surface area contributed by atoms with Crippen molar-refractivity contribution >= 4 is 23.8 Å². The van der Waals surface area contributed by atoms with E-state index in [0.29, 0.717) is 0 Å². The summed E-state index contributed by atoms with van der Waals surface area (Å²) in [6.07, 6.45) is -1.55. The van der Waals surface area contributed by atoms with E-state index in [4.69, 9.17) is 21.7 Å². The summed E-state index contributed by atoms with van der Waals surface area (Å²) < 4.78 is 0. The zero-order chi connectivity index (χ0) is 11.4. The predicted molar refractivity (Wildman–Crippen MR) is 50.4 cm³/mol. The first-order chi connectivity index (χ1) is 7.02. The van der Waals surface area contributed by atoms with Gasteiger partial charge < -0.3 is 21.7 Å². The maximum absolute atomic E-state index is 11.1. The highest BCUT2D eigenvalue weighted by atomic mass is 16.3. The maximum Gasteiger partial charge on any atom is 0.257 e. The minimum Gasteiger partial charge on any atom is -0.393 e. The van der Waals surface area contributed by atoms with E-state index in [1.807, 2.05) is 0 Å². The lowest BCUT2D eigenvalue weighted by molar-refractivity contribution is -0.125. The fourth-order valence-corrected chi connectivity index (χ4v) is 0.742. The summed E-state index contributed by atoms with van der Waals surface area (Å²) >= 11 is 0. The molecule has 0 spiro atoms. The van der Waals surface area contributed by atoms with Crippen molar-refractivity contribution in [2.45, 2.75) is 6.10 Å². The van der Waals surface area contributed by atoms with Crippen molar-refractivity contribution in [2.24, 2.45) is 0 Å². The van der Waals surface area contributed by atoms with Crippen LogP contribution in [0.25, 0.3) is 0 Å². The number of nitrogens with one attached hydrogen (secondary N) is 1. The second-order valence-corrected chi connectivity index (χ2v) is 2.56. The van der Waals surface area contributed by atoms with Gasteiger partial charge in [0.2, 0.25) is 17.8 Å². The summed E-state index contributed by atoms with van der Waals surface area (Å²) in [7, 11) is 0. The van der Waals surface area contributed by atoms with Crippen LogP contribution in [0.15, 0.2) is 0 Å². The first-order valence-electron chi connectivity index (χ1n) is 3.89. The molecule has 9 heteroatoms. The monoisotopic (exact) mass is 214 g/mol. The van der Waals surface area contributed by atoms with Crippen molar-refractivity contribution in [3.05, 3.63) is 0 Å². The van der Waals surface area contributed by atoms with Gasteiger partial charge in [0, 0.05) is 0 Å². The SMILES string of the molecule is Nc1nc(N)nc(NC(=O)C(O)CO)n1. The number of rotatable bonds is 3. The minimum atomic E-state index is -1.55. The fourth-order valence-electron chi connectivity index (χ4n) is 0.742. The Balaban J connectivity index is 2.76. The molecule has 7 N–H and O–H groups in total. The molecule has 0 bridgehead atoms. The third-order valence-corrected chi connectivity index (χ3v) is 1.38. The van der Waals surface area contributed by atoms with Gasteiger partial charge in [-0.15, -0.1) is 0 Å². The van der Waals surface area contributed by atoms with Gasteiger partial charge in [-0.2, -0.15) is 15.0 Å². The number of nitrogen functional groups attached to an aromatic ring is 2. The van der Waals surface area contributed by atoms with Crippen LogP contribution >= 0.6 is 0 Å².